The first-order valence-electron chi connectivity index (χ1n) is 5.64. The lowest BCUT2D eigenvalue weighted by molar-refractivity contribution is 0.0697. The van der Waals surface area contributed by atoms with E-state index in [1.54, 1.807) is 6.07 Å². The molecule has 3 aromatic rings. The number of aromatic carboxylic acids is 1. The molecule has 20 heavy (non-hydrogen) atoms. The number of hydrogen-bond donors (Lipinski definition) is 1. The summed E-state index contributed by atoms with van der Waals surface area (Å²) in [5.74, 6) is -2.87. The Morgan fingerprint density at radius 1 is 1.10 bits per heavy atom. The second-order valence-corrected chi connectivity index (χ2v) is 5.17. The van der Waals surface area contributed by atoms with Crippen LogP contribution >= 0.6 is 11.3 Å². The molecule has 2 aromatic carbocycles. The van der Waals surface area contributed by atoms with Gasteiger partial charge in [0.25, 0.3) is 0 Å². The van der Waals surface area contributed by atoms with Crippen LogP contribution in [-0.2, 0) is 0 Å². The Hall–Kier alpha value is -2.34. The first-order valence-corrected chi connectivity index (χ1v) is 6.45. The van der Waals surface area contributed by atoms with Gasteiger partial charge in [0.15, 0.2) is 11.6 Å². The zero-order chi connectivity index (χ0) is 14.3. The number of benzene rings is 2. The van der Waals surface area contributed by atoms with Crippen molar-refractivity contribution in [1.29, 1.82) is 0 Å². The Labute approximate surface area is 116 Å². The van der Waals surface area contributed by atoms with Gasteiger partial charge >= 0.3 is 5.97 Å². The first kappa shape index (κ1) is 12.7. The molecule has 0 spiro atoms. The van der Waals surface area contributed by atoms with E-state index >= 15 is 0 Å². The predicted molar refractivity (Wildman–Crippen MR) is 71.9 cm³/mol. The number of rotatable bonds is 2. The Kier molecular flexibility index (Phi) is 2.94. The van der Waals surface area contributed by atoms with Crippen molar-refractivity contribution < 1.29 is 18.7 Å². The summed E-state index contributed by atoms with van der Waals surface area (Å²) in [5.41, 5.74) is 1.25. The van der Waals surface area contributed by atoms with Gasteiger partial charge in [-0.05, 0) is 36.4 Å². The van der Waals surface area contributed by atoms with E-state index in [1.165, 1.54) is 29.5 Å². The molecule has 0 aliphatic heterocycles. The lowest BCUT2D eigenvalue weighted by atomic mass is 10.2. The van der Waals surface area contributed by atoms with Gasteiger partial charge in [-0.1, -0.05) is 0 Å². The summed E-state index contributed by atoms with van der Waals surface area (Å²) in [6, 6.07) is 8.12. The highest BCUT2D eigenvalue weighted by Gasteiger charge is 2.11. The van der Waals surface area contributed by atoms with Crippen molar-refractivity contribution in [2.45, 2.75) is 0 Å². The maximum atomic E-state index is 13.2. The molecule has 0 aliphatic carbocycles. The van der Waals surface area contributed by atoms with Crippen LogP contribution in [-0.4, -0.2) is 16.1 Å². The van der Waals surface area contributed by atoms with Gasteiger partial charge in [0.1, 0.15) is 5.01 Å². The molecule has 0 bridgehead atoms. The molecule has 0 atom stereocenters. The van der Waals surface area contributed by atoms with Crippen LogP contribution in [0.2, 0.25) is 0 Å². The lowest BCUT2D eigenvalue weighted by Gasteiger charge is -1.96. The fraction of sp³-hybridized carbons (Fsp3) is 0. The third-order valence-corrected chi connectivity index (χ3v) is 3.87. The summed E-state index contributed by atoms with van der Waals surface area (Å²) in [7, 11) is 0. The van der Waals surface area contributed by atoms with Crippen LogP contribution in [0.15, 0.2) is 36.4 Å². The molecule has 0 fully saturated rings. The minimum Gasteiger partial charge on any atom is -0.478 e. The number of thiazole rings is 1. The standard InChI is InChI=1S/C14H7F2NO2S/c15-9-3-1-7(5-10(9)16)13-17-11-4-2-8(14(18)19)6-12(11)20-13/h1-6H,(H,18,19). The van der Waals surface area contributed by atoms with Gasteiger partial charge in [-0.3, -0.25) is 0 Å². The predicted octanol–water partition coefficient (Wildman–Crippen LogP) is 3.94. The van der Waals surface area contributed by atoms with E-state index in [-0.39, 0.29) is 5.56 Å². The third kappa shape index (κ3) is 2.14. The lowest BCUT2D eigenvalue weighted by Crippen LogP contribution is -1.94. The highest BCUT2D eigenvalue weighted by atomic mass is 32.1. The monoisotopic (exact) mass is 291 g/mol. The Bertz CT molecular complexity index is 829. The molecule has 0 radical (unpaired) electrons. The Balaban J connectivity index is 2.12. The van der Waals surface area contributed by atoms with E-state index < -0.39 is 17.6 Å². The number of carboxylic acid groups (broad SMARTS) is 1. The molecule has 0 amide bonds. The quantitative estimate of drug-likeness (QED) is 0.778. The maximum Gasteiger partial charge on any atom is 0.335 e. The van der Waals surface area contributed by atoms with Crippen molar-refractivity contribution in [2.24, 2.45) is 0 Å². The third-order valence-electron chi connectivity index (χ3n) is 2.80. The Morgan fingerprint density at radius 2 is 1.90 bits per heavy atom. The molecule has 3 nitrogen and oxygen atoms in total. The topological polar surface area (TPSA) is 50.2 Å². The fourth-order valence-corrected chi connectivity index (χ4v) is 2.81. The highest BCUT2D eigenvalue weighted by Crippen LogP contribution is 2.31. The largest absolute Gasteiger partial charge is 0.478 e. The van der Waals surface area contributed by atoms with Crippen LogP contribution in [0.4, 0.5) is 8.78 Å². The first-order chi connectivity index (χ1) is 9.54. The van der Waals surface area contributed by atoms with E-state index in [0.717, 1.165) is 12.1 Å². The van der Waals surface area contributed by atoms with Crippen molar-refractivity contribution >= 4 is 27.5 Å². The van der Waals surface area contributed by atoms with Crippen molar-refractivity contribution in [1.82, 2.24) is 4.98 Å². The van der Waals surface area contributed by atoms with E-state index in [0.29, 0.717) is 20.8 Å². The summed E-state index contributed by atoms with van der Waals surface area (Å²) in [4.78, 5) is 15.2. The van der Waals surface area contributed by atoms with Gasteiger partial charge in [-0.15, -0.1) is 11.3 Å². The molecular weight excluding hydrogens is 284 g/mol. The number of aromatic nitrogens is 1. The minimum absolute atomic E-state index is 0.165. The van der Waals surface area contributed by atoms with Crippen LogP contribution in [0.25, 0.3) is 20.8 Å². The maximum absolute atomic E-state index is 13.2. The minimum atomic E-state index is -1.02. The number of nitrogens with zero attached hydrogens (tertiary/aromatic N) is 1. The van der Waals surface area contributed by atoms with Crippen molar-refractivity contribution in [2.75, 3.05) is 0 Å². The zero-order valence-corrected chi connectivity index (χ0v) is 10.7. The fourth-order valence-electron chi connectivity index (χ4n) is 1.81. The molecule has 0 saturated carbocycles. The molecular formula is C14H7F2NO2S. The summed E-state index contributed by atoms with van der Waals surface area (Å²) < 4.78 is 26.8. The number of hydrogen-bond acceptors (Lipinski definition) is 3. The van der Waals surface area contributed by atoms with Gasteiger partial charge in [-0.2, -0.15) is 0 Å². The normalized spacial score (nSPS) is 10.9. The highest BCUT2D eigenvalue weighted by molar-refractivity contribution is 7.21. The van der Waals surface area contributed by atoms with Crippen molar-refractivity contribution in [3.05, 3.63) is 53.6 Å². The molecule has 0 saturated heterocycles. The van der Waals surface area contributed by atoms with Gasteiger partial charge < -0.3 is 5.11 Å². The average molecular weight is 291 g/mol. The summed E-state index contributed by atoms with van der Waals surface area (Å²) in [6.07, 6.45) is 0. The average Bonchev–Trinajstić information content (AvgIpc) is 2.84. The van der Waals surface area contributed by atoms with Crippen LogP contribution in [0.1, 0.15) is 10.4 Å². The van der Waals surface area contributed by atoms with Crippen LogP contribution in [0.3, 0.4) is 0 Å². The second kappa shape index (κ2) is 4.64. The molecule has 1 heterocycles. The van der Waals surface area contributed by atoms with Gasteiger partial charge in [-0.25, -0.2) is 18.6 Å². The van der Waals surface area contributed by atoms with Crippen LogP contribution in [0.5, 0.6) is 0 Å². The number of carbonyl (C=O) groups is 1. The Morgan fingerprint density at radius 3 is 2.60 bits per heavy atom. The SMILES string of the molecule is O=C(O)c1ccc2nc(-c3ccc(F)c(F)c3)sc2c1. The zero-order valence-electron chi connectivity index (χ0n) is 9.93. The second-order valence-electron chi connectivity index (χ2n) is 4.14. The number of fused-ring (bicyclic) bond motifs is 1. The van der Waals surface area contributed by atoms with Crippen LogP contribution in [0, 0.1) is 11.6 Å². The molecule has 0 unspecified atom stereocenters. The molecule has 0 aliphatic rings. The molecule has 1 aromatic heterocycles. The van der Waals surface area contributed by atoms with E-state index in [1.807, 2.05) is 0 Å². The number of halogens is 2. The molecule has 100 valence electrons. The summed E-state index contributed by atoms with van der Waals surface area (Å²) in [5, 5.41) is 9.44. The molecule has 1 N–H and O–H groups in total. The van der Waals surface area contributed by atoms with E-state index in [4.69, 9.17) is 5.11 Å². The van der Waals surface area contributed by atoms with Crippen molar-refractivity contribution in [3.8, 4) is 10.6 Å². The summed E-state index contributed by atoms with van der Waals surface area (Å²) >= 11 is 1.23. The van der Waals surface area contributed by atoms with Gasteiger partial charge in [0.2, 0.25) is 0 Å². The molecule has 3 rings (SSSR count). The summed E-state index contributed by atoms with van der Waals surface area (Å²) in [6.45, 7) is 0. The van der Waals surface area contributed by atoms with Crippen molar-refractivity contribution in [3.63, 3.8) is 0 Å². The smallest absolute Gasteiger partial charge is 0.335 e. The molecule has 6 heteroatoms. The van der Waals surface area contributed by atoms with Crippen LogP contribution < -0.4 is 0 Å². The number of carboxylic acids is 1. The van der Waals surface area contributed by atoms with Gasteiger partial charge in [0.05, 0.1) is 15.8 Å². The van der Waals surface area contributed by atoms with E-state index in [9.17, 15) is 13.6 Å². The van der Waals surface area contributed by atoms with E-state index in [2.05, 4.69) is 4.98 Å². The van der Waals surface area contributed by atoms with Gasteiger partial charge in [0, 0.05) is 5.56 Å².